The number of hydrogen-bond donors (Lipinski definition) is 3. The molecule has 34 heavy (non-hydrogen) atoms. The first-order valence-corrected chi connectivity index (χ1v) is 13.7. The molecule has 3 N–H and O–H groups in total. The lowest BCUT2D eigenvalue weighted by Crippen LogP contribution is -2.58. The van der Waals surface area contributed by atoms with Crippen molar-refractivity contribution in [3.05, 3.63) is 0 Å². The fraction of sp³-hybridized carbons (Fsp3) is 0.929. The van der Waals surface area contributed by atoms with Crippen molar-refractivity contribution in [1.29, 1.82) is 0 Å². The van der Waals surface area contributed by atoms with Crippen LogP contribution in [0, 0.1) is 46.3 Å². The van der Waals surface area contributed by atoms with Crippen molar-refractivity contribution in [2.75, 3.05) is 7.05 Å². The Morgan fingerprint density at radius 3 is 2.29 bits per heavy atom. The molecule has 0 heterocycles. The van der Waals surface area contributed by atoms with Gasteiger partial charge >= 0.3 is 5.97 Å². The van der Waals surface area contributed by atoms with E-state index in [0.717, 1.165) is 44.9 Å². The number of amides is 1. The van der Waals surface area contributed by atoms with E-state index < -0.39 is 12.0 Å². The monoisotopic (exact) mass is 477 g/mol. The van der Waals surface area contributed by atoms with Crippen LogP contribution >= 0.6 is 0 Å². The van der Waals surface area contributed by atoms with Crippen LogP contribution in [0.5, 0.6) is 0 Å². The first-order valence-electron chi connectivity index (χ1n) is 13.7. The fourth-order valence-corrected chi connectivity index (χ4v) is 9.29. The molecule has 0 spiro atoms. The molecule has 4 saturated carbocycles. The molecule has 0 aromatic rings. The molecule has 4 rings (SSSR count). The number of aliphatic hydroxyl groups excluding tert-OH is 2. The molecule has 4 aliphatic carbocycles. The van der Waals surface area contributed by atoms with Crippen LogP contribution in [0.15, 0.2) is 0 Å². The van der Waals surface area contributed by atoms with E-state index in [4.69, 9.17) is 0 Å². The predicted molar refractivity (Wildman–Crippen MR) is 131 cm³/mol. The summed E-state index contributed by atoms with van der Waals surface area (Å²) < 4.78 is 0. The Hall–Kier alpha value is -1.14. The van der Waals surface area contributed by atoms with Gasteiger partial charge in [-0.1, -0.05) is 20.8 Å². The highest BCUT2D eigenvalue weighted by Crippen LogP contribution is 2.68. The molecule has 11 atom stereocenters. The maximum Gasteiger partial charge on any atom is 0.326 e. The number of carboxylic acids is 1. The number of carbonyl (C=O) groups is 2. The highest BCUT2D eigenvalue weighted by molar-refractivity contribution is 5.83. The molecule has 4 aliphatic rings. The highest BCUT2D eigenvalue weighted by Gasteiger charge is 2.62. The zero-order valence-corrected chi connectivity index (χ0v) is 21.9. The van der Waals surface area contributed by atoms with Gasteiger partial charge in [-0.3, -0.25) is 4.79 Å². The number of fused-ring (bicyclic) bond motifs is 5. The molecule has 0 radical (unpaired) electrons. The largest absolute Gasteiger partial charge is 0.480 e. The fourth-order valence-electron chi connectivity index (χ4n) is 9.29. The molecule has 6 nitrogen and oxygen atoms in total. The molecular formula is C28H47NO5. The summed E-state index contributed by atoms with van der Waals surface area (Å²) in [5.41, 5.74) is 0.439. The van der Waals surface area contributed by atoms with Crippen LogP contribution in [-0.4, -0.2) is 57.4 Å². The highest BCUT2D eigenvalue weighted by atomic mass is 16.4. The van der Waals surface area contributed by atoms with E-state index >= 15 is 0 Å². The van der Waals surface area contributed by atoms with Gasteiger partial charge < -0.3 is 20.2 Å². The van der Waals surface area contributed by atoms with E-state index in [1.165, 1.54) is 17.7 Å². The van der Waals surface area contributed by atoms with Crippen LogP contribution in [0.1, 0.15) is 91.9 Å². The quantitative estimate of drug-likeness (QED) is 0.529. The van der Waals surface area contributed by atoms with Crippen molar-refractivity contribution >= 4 is 11.9 Å². The van der Waals surface area contributed by atoms with Gasteiger partial charge in [-0.15, -0.1) is 0 Å². The van der Waals surface area contributed by atoms with Crippen molar-refractivity contribution in [3.8, 4) is 0 Å². The minimum Gasteiger partial charge on any atom is -0.480 e. The van der Waals surface area contributed by atoms with Gasteiger partial charge in [0.2, 0.25) is 5.91 Å². The molecule has 6 heteroatoms. The van der Waals surface area contributed by atoms with E-state index in [1.54, 1.807) is 14.0 Å². The van der Waals surface area contributed by atoms with Crippen LogP contribution in [0.2, 0.25) is 0 Å². The molecule has 1 unspecified atom stereocenters. The molecule has 0 aromatic heterocycles. The van der Waals surface area contributed by atoms with Crippen LogP contribution in [0.4, 0.5) is 0 Å². The number of rotatable bonds is 6. The number of carboxylic acid groups (broad SMARTS) is 1. The van der Waals surface area contributed by atoms with Crippen molar-refractivity contribution < 1.29 is 24.9 Å². The van der Waals surface area contributed by atoms with E-state index in [2.05, 4.69) is 20.8 Å². The summed E-state index contributed by atoms with van der Waals surface area (Å²) in [6.07, 6.45) is 9.06. The number of carbonyl (C=O) groups excluding carboxylic acids is 1. The van der Waals surface area contributed by atoms with E-state index in [0.29, 0.717) is 41.9 Å². The summed E-state index contributed by atoms with van der Waals surface area (Å²) >= 11 is 0. The summed E-state index contributed by atoms with van der Waals surface area (Å²) in [4.78, 5) is 25.2. The van der Waals surface area contributed by atoms with Crippen molar-refractivity contribution in [3.63, 3.8) is 0 Å². The molecule has 194 valence electrons. The van der Waals surface area contributed by atoms with E-state index in [1.807, 2.05) is 0 Å². The summed E-state index contributed by atoms with van der Waals surface area (Å²) in [5.74, 6) is 1.75. The third-order valence-electron chi connectivity index (χ3n) is 11.6. The van der Waals surface area contributed by atoms with Gasteiger partial charge in [0.25, 0.3) is 0 Å². The van der Waals surface area contributed by atoms with Gasteiger partial charge in [0, 0.05) is 13.5 Å². The maximum absolute atomic E-state index is 12.6. The summed E-state index contributed by atoms with van der Waals surface area (Å²) in [6.45, 7) is 8.73. The summed E-state index contributed by atoms with van der Waals surface area (Å²) in [6, 6.07) is -0.801. The zero-order chi connectivity index (χ0) is 25.0. The average molecular weight is 478 g/mol. The van der Waals surface area contributed by atoms with Gasteiger partial charge in [-0.2, -0.15) is 0 Å². The van der Waals surface area contributed by atoms with Crippen LogP contribution in [-0.2, 0) is 9.59 Å². The second-order valence-electron chi connectivity index (χ2n) is 13.0. The normalized spacial score (nSPS) is 45.4. The smallest absolute Gasteiger partial charge is 0.326 e. The molecule has 0 aliphatic heterocycles. The number of hydrogen-bond acceptors (Lipinski definition) is 4. The Morgan fingerprint density at radius 2 is 1.62 bits per heavy atom. The standard InChI is InChI=1S/C28H47NO5/c1-16(6-9-24(32)29(5)17(2)26(33)34)20-7-8-21-25-22(11-13-28(20,21)4)27(3)12-10-19(30)14-18(27)15-23(25)31/h16-23,25,30-31H,6-15H2,1-5H3,(H,33,34)/t16-,17?,18+,19-,20-,21+,22+,23+,25+,27+,28-/m1/s1. The number of likely N-dealkylation sites (N-methyl/N-ethyl adjacent to an activating group) is 1. The van der Waals surface area contributed by atoms with Gasteiger partial charge in [0.1, 0.15) is 6.04 Å². The molecule has 1 amide bonds. The van der Waals surface area contributed by atoms with E-state index in [-0.39, 0.29) is 28.9 Å². The van der Waals surface area contributed by atoms with E-state index in [9.17, 15) is 24.9 Å². The maximum atomic E-state index is 12.6. The minimum atomic E-state index is -0.971. The average Bonchev–Trinajstić information content (AvgIpc) is 3.14. The van der Waals surface area contributed by atoms with Gasteiger partial charge in [0.15, 0.2) is 0 Å². The third kappa shape index (κ3) is 4.21. The first kappa shape index (κ1) is 25.9. The topological polar surface area (TPSA) is 98.1 Å². The molecule has 0 aromatic carbocycles. The lowest BCUT2D eigenvalue weighted by molar-refractivity contribution is -0.174. The number of nitrogens with zero attached hydrogens (tertiary/aromatic N) is 1. The van der Waals surface area contributed by atoms with Crippen LogP contribution in [0.25, 0.3) is 0 Å². The van der Waals surface area contributed by atoms with Crippen LogP contribution < -0.4 is 0 Å². The summed E-state index contributed by atoms with van der Waals surface area (Å²) in [5, 5.41) is 30.9. The van der Waals surface area contributed by atoms with Crippen LogP contribution in [0.3, 0.4) is 0 Å². The first-order chi connectivity index (χ1) is 15.9. The second-order valence-corrected chi connectivity index (χ2v) is 13.0. The Labute approximate surface area is 205 Å². The molecular weight excluding hydrogens is 430 g/mol. The Balaban J connectivity index is 1.44. The van der Waals surface area contributed by atoms with Crippen molar-refractivity contribution in [2.24, 2.45) is 46.3 Å². The SMILES string of the molecule is CC(C(=O)O)N(C)C(=O)CC[C@@H](C)[C@H]1CC[C@H]2[C@@H]3[C@@H](O)C[C@@H]4C[C@H](O)CC[C@]4(C)[C@H]3CC[C@]12C. The van der Waals surface area contributed by atoms with Crippen molar-refractivity contribution in [1.82, 2.24) is 4.90 Å². The van der Waals surface area contributed by atoms with Gasteiger partial charge in [-0.25, -0.2) is 4.79 Å². The minimum absolute atomic E-state index is 0.0914. The predicted octanol–water partition coefficient (Wildman–Crippen LogP) is 4.32. The Kier molecular flexibility index (Phi) is 7.16. The Bertz CT molecular complexity index is 787. The van der Waals surface area contributed by atoms with Crippen molar-refractivity contribution in [2.45, 2.75) is 110 Å². The number of aliphatic carboxylic acids is 1. The molecule has 0 saturated heterocycles. The number of aliphatic hydroxyl groups is 2. The summed E-state index contributed by atoms with van der Waals surface area (Å²) in [7, 11) is 1.59. The zero-order valence-electron chi connectivity index (χ0n) is 21.9. The molecule has 4 fully saturated rings. The molecule has 0 bridgehead atoms. The Morgan fingerprint density at radius 1 is 0.971 bits per heavy atom. The lowest BCUT2D eigenvalue weighted by atomic mass is 9.43. The lowest BCUT2D eigenvalue weighted by Gasteiger charge is -2.62. The third-order valence-corrected chi connectivity index (χ3v) is 11.6. The van der Waals surface area contributed by atoms with Gasteiger partial charge in [-0.05, 0) is 111 Å². The second kappa shape index (κ2) is 9.38. The van der Waals surface area contributed by atoms with Gasteiger partial charge in [0.05, 0.1) is 12.2 Å².